The highest BCUT2D eigenvalue weighted by Crippen LogP contribution is 2.16. The molecule has 2 nitrogen and oxygen atoms in total. The summed E-state index contributed by atoms with van der Waals surface area (Å²) in [5, 5.41) is 0. The average molecular weight is 196 g/mol. The number of unbranched alkanes of at least 4 members (excludes halogenated alkanes) is 2. The van der Waals surface area contributed by atoms with Crippen LogP contribution in [0.4, 0.5) is 0 Å². The van der Waals surface area contributed by atoms with Crippen LogP contribution in [-0.2, 0) is 0 Å². The minimum atomic E-state index is 0.577. The molecule has 0 amide bonds. The minimum Gasteiger partial charge on any atom is -0.356 e. The van der Waals surface area contributed by atoms with Crippen LogP contribution >= 0.6 is 0 Å². The molecule has 1 heterocycles. The lowest BCUT2D eigenvalue weighted by Crippen LogP contribution is -2.36. The fraction of sp³-hybridized carbons (Fsp3) is 0.833. The van der Waals surface area contributed by atoms with E-state index in [4.69, 9.17) is 0 Å². The predicted molar refractivity (Wildman–Crippen MR) is 61.8 cm³/mol. The number of hydrogen-bond acceptors (Lipinski definition) is 2. The van der Waals surface area contributed by atoms with Crippen LogP contribution in [0, 0.1) is 0 Å². The van der Waals surface area contributed by atoms with Gasteiger partial charge in [-0.05, 0) is 19.8 Å². The lowest BCUT2D eigenvalue weighted by molar-refractivity contribution is 0.167. The van der Waals surface area contributed by atoms with Gasteiger partial charge in [-0.2, -0.15) is 0 Å². The highest BCUT2D eigenvalue weighted by Gasteiger charge is 2.19. The average Bonchev–Trinajstić information content (AvgIpc) is 2.54. The minimum absolute atomic E-state index is 0.577. The quantitative estimate of drug-likeness (QED) is 0.644. The molecule has 0 aromatic rings. The van der Waals surface area contributed by atoms with E-state index in [9.17, 15) is 0 Å². The summed E-state index contributed by atoms with van der Waals surface area (Å²) in [4.78, 5) is 4.89. The first kappa shape index (κ1) is 11.4. The second-order valence-corrected chi connectivity index (χ2v) is 4.11. The fourth-order valence-corrected chi connectivity index (χ4v) is 1.81. The van der Waals surface area contributed by atoms with E-state index >= 15 is 0 Å². The Morgan fingerprint density at radius 1 is 0.929 bits per heavy atom. The highest BCUT2D eigenvalue weighted by molar-refractivity contribution is 4.95. The van der Waals surface area contributed by atoms with Gasteiger partial charge in [-0.3, -0.25) is 0 Å². The molecule has 1 rings (SSSR count). The van der Waals surface area contributed by atoms with E-state index < -0.39 is 0 Å². The smallest absolute Gasteiger partial charge is 0.0977 e. The van der Waals surface area contributed by atoms with Gasteiger partial charge < -0.3 is 9.80 Å². The van der Waals surface area contributed by atoms with E-state index in [1.807, 2.05) is 0 Å². The summed E-state index contributed by atoms with van der Waals surface area (Å²) in [7, 11) is 0. The maximum absolute atomic E-state index is 2.44. The molecule has 0 bridgehead atoms. The molecule has 0 spiro atoms. The van der Waals surface area contributed by atoms with Crippen LogP contribution < -0.4 is 0 Å². The van der Waals surface area contributed by atoms with Gasteiger partial charge in [0.05, 0.1) is 6.17 Å². The third-order valence-electron chi connectivity index (χ3n) is 2.95. The molecular formula is C12H24N2. The van der Waals surface area contributed by atoms with E-state index in [0.29, 0.717) is 6.17 Å². The van der Waals surface area contributed by atoms with E-state index in [0.717, 1.165) is 0 Å². The topological polar surface area (TPSA) is 6.48 Å². The highest BCUT2D eigenvalue weighted by atomic mass is 15.4. The SMILES string of the molecule is CCCCN1C=CN(CCCC)C1C. The van der Waals surface area contributed by atoms with Crippen molar-refractivity contribution in [2.75, 3.05) is 13.1 Å². The normalized spacial score (nSPS) is 17.1. The van der Waals surface area contributed by atoms with Gasteiger partial charge in [0, 0.05) is 25.5 Å². The lowest BCUT2D eigenvalue weighted by Gasteiger charge is -2.29. The fourth-order valence-electron chi connectivity index (χ4n) is 1.81. The Hall–Kier alpha value is -0.660. The van der Waals surface area contributed by atoms with Crippen LogP contribution in [0.1, 0.15) is 46.5 Å². The van der Waals surface area contributed by atoms with Crippen LogP contribution in [0.2, 0.25) is 0 Å². The Morgan fingerprint density at radius 3 is 1.71 bits per heavy atom. The molecule has 0 fully saturated rings. The lowest BCUT2D eigenvalue weighted by atomic mass is 10.3. The molecule has 0 radical (unpaired) electrons. The van der Waals surface area contributed by atoms with Crippen molar-refractivity contribution in [3.05, 3.63) is 12.4 Å². The first-order valence-electron chi connectivity index (χ1n) is 5.99. The molecule has 0 N–H and O–H groups in total. The third kappa shape index (κ3) is 2.93. The Bertz CT molecular complexity index is 159. The van der Waals surface area contributed by atoms with Gasteiger partial charge >= 0.3 is 0 Å². The van der Waals surface area contributed by atoms with Crippen molar-refractivity contribution in [1.82, 2.24) is 9.80 Å². The van der Waals surface area contributed by atoms with Crippen molar-refractivity contribution in [2.45, 2.75) is 52.6 Å². The Morgan fingerprint density at radius 2 is 1.36 bits per heavy atom. The van der Waals surface area contributed by atoms with Gasteiger partial charge in [0.1, 0.15) is 0 Å². The van der Waals surface area contributed by atoms with Gasteiger partial charge in [0.2, 0.25) is 0 Å². The monoisotopic (exact) mass is 196 g/mol. The second-order valence-electron chi connectivity index (χ2n) is 4.11. The summed E-state index contributed by atoms with van der Waals surface area (Å²) in [5.74, 6) is 0. The zero-order valence-electron chi connectivity index (χ0n) is 9.87. The van der Waals surface area contributed by atoms with Gasteiger partial charge in [-0.25, -0.2) is 0 Å². The summed E-state index contributed by atoms with van der Waals surface area (Å²) in [6.45, 7) is 9.21. The molecular weight excluding hydrogens is 172 g/mol. The van der Waals surface area contributed by atoms with Crippen molar-refractivity contribution in [2.24, 2.45) is 0 Å². The first-order chi connectivity index (χ1) is 6.79. The van der Waals surface area contributed by atoms with Crippen LogP contribution in [0.5, 0.6) is 0 Å². The van der Waals surface area contributed by atoms with Crippen molar-refractivity contribution in [3.63, 3.8) is 0 Å². The molecule has 0 aromatic heterocycles. The summed E-state index contributed by atoms with van der Waals surface area (Å²) >= 11 is 0. The zero-order valence-corrected chi connectivity index (χ0v) is 9.87. The van der Waals surface area contributed by atoms with Crippen LogP contribution in [0.15, 0.2) is 12.4 Å². The number of nitrogens with zero attached hydrogens (tertiary/aromatic N) is 2. The summed E-state index contributed by atoms with van der Waals surface area (Å²) in [6.07, 6.45) is 10.2. The maximum Gasteiger partial charge on any atom is 0.0977 e. The summed E-state index contributed by atoms with van der Waals surface area (Å²) in [5.41, 5.74) is 0. The molecule has 0 saturated carbocycles. The predicted octanol–water partition coefficient (Wildman–Crippen LogP) is 3.02. The van der Waals surface area contributed by atoms with E-state index in [2.05, 4.69) is 43.0 Å². The van der Waals surface area contributed by atoms with Gasteiger partial charge in [0.25, 0.3) is 0 Å². The van der Waals surface area contributed by atoms with Crippen molar-refractivity contribution in [1.29, 1.82) is 0 Å². The van der Waals surface area contributed by atoms with Crippen molar-refractivity contribution >= 4 is 0 Å². The molecule has 0 aliphatic carbocycles. The maximum atomic E-state index is 2.44. The van der Waals surface area contributed by atoms with E-state index in [1.54, 1.807) is 0 Å². The summed E-state index contributed by atoms with van der Waals surface area (Å²) in [6, 6.07) is 0. The zero-order chi connectivity index (χ0) is 10.4. The molecule has 1 aliphatic heterocycles. The molecule has 0 aromatic carbocycles. The molecule has 82 valence electrons. The largest absolute Gasteiger partial charge is 0.356 e. The van der Waals surface area contributed by atoms with Crippen LogP contribution in [0.3, 0.4) is 0 Å². The third-order valence-corrected chi connectivity index (χ3v) is 2.95. The Labute approximate surface area is 88.6 Å². The van der Waals surface area contributed by atoms with Crippen molar-refractivity contribution < 1.29 is 0 Å². The van der Waals surface area contributed by atoms with E-state index in [1.165, 1.54) is 38.8 Å². The molecule has 2 heteroatoms. The van der Waals surface area contributed by atoms with Crippen molar-refractivity contribution in [3.8, 4) is 0 Å². The number of rotatable bonds is 6. The molecule has 0 unspecified atom stereocenters. The van der Waals surface area contributed by atoms with E-state index in [-0.39, 0.29) is 0 Å². The Balaban J connectivity index is 2.28. The van der Waals surface area contributed by atoms with Gasteiger partial charge in [-0.15, -0.1) is 0 Å². The standard InChI is InChI=1S/C12H24N2/c1-4-6-8-13-10-11-14(12(13)3)9-7-5-2/h10-12H,4-9H2,1-3H3. The molecule has 0 saturated heterocycles. The number of hydrogen-bond donors (Lipinski definition) is 0. The van der Waals surface area contributed by atoms with Crippen LogP contribution in [0.25, 0.3) is 0 Å². The molecule has 0 atom stereocenters. The Kier molecular flexibility index (Phi) is 4.85. The second kappa shape index (κ2) is 5.94. The first-order valence-corrected chi connectivity index (χ1v) is 5.99. The van der Waals surface area contributed by atoms with Gasteiger partial charge in [0.15, 0.2) is 0 Å². The molecule has 1 aliphatic rings. The van der Waals surface area contributed by atoms with Gasteiger partial charge in [-0.1, -0.05) is 26.7 Å². The van der Waals surface area contributed by atoms with Crippen LogP contribution in [-0.4, -0.2) is 29.1 Å². The molecule has 14 heavy (non-hydrogen) atoms. The summed E-state index contributed by atoms with van der Waals surface area (Å²) < 4.78 is 0.